The van der Waals surface area contributed by atoms with Crippen LogP contribution in [0, 0.1) is 17.8 Å². The second-order valence-electron chi connectivity index (χ2n) is 10.5. The molecule has 3 fully saturated rings. The summed E-state index contributed by atoms with van der Waals surface area (Å²) in [6.45, 7) is 2.98. The fourth-order valence-electron chi connectivity index (χ4n) is 5.78. The zero-order chi connectivity index (χ0) is 21.3. The van der Waals surface area contributed by atoms with Crippen LogP contribution in [0.2, 0.25) is 0 Å². The minimum Gasteiger partial charge on any atom is -0.366 e. The van der Waals surface area contributed by atoms with E-state index in [1.54, 1.807) is 0 Å². The second kappa shape index (κ2) is 9.01. The number of nitrogens with zero attached hydrogens (tertiary/aromatic N) is 2. The number of hydrogen-bond acceptors (Lipinski definition) is 5. The predicted octanol–water partition coefficient (Wildman–Crippen LogP) is 5.60. The molecule has 3 N–H and O–H groups in total. The summed E-state index contributed by atoms with van der Waals surface area (Å²) in [5, 5.41) is 12.2. The van der Waals surface area contributed by atoms with Gasteiger partial charge in [0, 0.05) is 30.1 Å². The summed E-state index contributed by atoms with van der Waals surface area (Å²) >= 11 is 0. The molecule has 5 heteroatoms. The first-order valence-corrected chi connectivity index (χ1v) is 13.1. The predicted molar refractivity (Wildman–Crippen MR) is 133 cm³/mol. The Kier molecular flexibility index (Phi) is 5.76. The van der Waals surface area contributed by atoms with Crippen molar-refractivity contribution >= 4 is 28.2 Å². The van der Waals surface area contributed by atoms with Crippen molar-refractivity contribution in [2.45, 2.75) is 70.3 Å². The minimum atomic E-state index is 0.584. The number of anilines is 2. The molecule has 0 bridgehead atoms. The molecule has 5 nitrogen and oxygen atoms in total. The zero-order valence-electron chi connectivity index (χ0n) is 19.2. The Morgan fingerprint density at radius 3 is 2.50 bits per heavy atom. The van der Waals surface area contributed by atoms with Crippen LogP contribution in [-0.2, 0) is 0 Å². The lowest BCUT2D eigenvalue weighted by atomic mass is 9.89. The average molecular weight is 432 g/mol. The summed E-state index contributed by atoms with van der Waals surface area (Å²) in [4.78, 5) is 10.2. The van der Waals surface area contributed by atoms with Gasteiger partial charge in [0.05, 0.1) is 5.52 Å². The van der Waals surface area contributed by atoms with Crippen LogP contribution in [-0.4, -0.2) is 35.6 Å². The summed E-state index contributed by atoms with van der Waals surface area (Å²) in [7, 11) is 0. The van der Waals surface area contributed by atoms with Gasteiger partial charge in [0.1, 0.15) is 5.82 Å². The Labute approximate surface area is 191 Å². The standard InChI is InChI=1S/C27H37N5/c1-2-5-18(6-3-1)17-29-27-31-25-22(19-13-15-28-16-14-19)7-4-8-23(25)26(32-27)30-24(20-9-10-20)21-11-12-21/h4,7-8,13,18,20-21,24,28H,1-3,5-6,9-12,14-17H2,(H2,29,30,31,32). The van der Waals surface area contributed by atoms with Gasteiger partial charge in [-0.05, 0) is 80.9 Å². The topological polar surface area (TPSA) is 61.9 Å². The van der Waals surface area contributed by atoms with Crippen LogP contribution in [0.3, 0.4) is 0 Å². The minimum absolute atomic E-state index is 0.584. The number of benzene rings is 1. The third-order valence-corrected chi connectivity index (χ3v) is 7.97. The van der Waals surface area contributed by atoms with E-state index in [0.717, 1.165) is 61.1 Å². The third-order valence-electron chi connectivity index (χ3n) is 7.97. The van der Waals surface area contributed by atoms with E-state index in [-0.39, 0.29) is 0 Å². The molecule has 32 heavy (non-hydrogen) atoms. The highest BCUT2D eigenvalue weighted by atomic mass is 15.2. The van der Waals surface area contributed by atoms with Crippen molar-refractivity contribution in [2.75, 3.05) is 30.3 Å². The number of para-hydroxylation sites is 1. The van der Waals surface area contributed by atoms with Gasteiger partial charge < -0.3 is 16.0 Å². The Morgan fingerprint density at radius 1 is 0.969 bits per heavy atom. The SMILES string of the molecule is C1=C(c2cccc3c(NC(C4CC4)C4CC4)nc(NCC4CCCCC4)nc23)CCNC1. The van der Waals surface area contributed by atoms with Gasteiger partial charge in [-0.1, -0.05) is 37.5 Å². The van der Waals surface area contributed by atoms with E-state index < -0.39 is 0 Å². The lowest BCUT2D eigenvalue weighted by Gasteiger charge is -2.23. The van der Waals surface area contributed by atoms with Gasteiger partial charge in [0.25, 0.3) is 0 Å². The molecular formula is C27H37N5. The summed E-state index contributed by atoms with van der Waals surface area (Å²) in [6.07, 6.45) is 15.7. The molecule has 170 valence electrons. The van der Waals surface area contributed by atoms with Gasteiger partial charge in [-0.25, -0.2) is 4.98 Å². The van der Waals surface area contributed by atoms with E-state index in [1.165, 1.54) is 74.3 Å². The smallest absolute Gasteiger partial charge is 0.225 e. The number of rotatable bonds is 8. The molecule has 0 unspecified atom stereocenters. The van der Waals surface area contributed by atoms with Gasteiger partial charge in [-0.2, -0.15) is 4.98 Å². The van der Waals surface area contributed by atoms with Crippen molar-refractivity contribution in [1.82, 2.24) is 15.3 Å². The molecule has 0 saturated heterocycles. The van der Waals surface area contributed by atoms with Crippen molar-refractivity contribution in [3.05, 3.63) is 29.8 Å². The van der Waals surface area contributed by atoms with Crippen LogP contribution in [0.5, 0.6) is 0 Å². The summed E-state index contributed by atoms with van der Waals surface area (Å²) in [5.74, 6) is 4.27. The van der Waals surface area contributed by atoms with Gasteiger partial charge in [-0.3, -0.25) is 0 Å². The van der Waals surface area contributed by atoms with E-state index in [1.807, 2.05) is 0 Å². The van der Waals surface area contributed by atoms with E-state index in [4.69, 9.17) is 9.97 Å². The van der Waals surface area contributed by atoms with E-state index in [0.29, 0.717) is 6.04 Å². The first kappa shape index (κ1) is 20.5. The maximum atomic E-state index is 5.10. The molecule has 3 saturated carbocycles. The van der Waals surface area contributed by atoms with Gasteiger partial charge in [-0.15, -0.1) is 0 Å². The summed E-state index contributed by atoms with van der Waals surface area (Å²) in [5.41, 5.74) is 3.80. The Bertz CT molecular complexity index is 973. The molecule has 0 amide bonds. The number of fused-ring (bicyclic) bond motifs is 1. The van der Waals surface area contributed by atoms with Crippen molar-refractivity contribution in [2.24, 2.45) is 17.8 Å². The highest BCUT2D eigenvalue weighted by Gasteiger charge is 2.41. The monoisotopic (exact) mass is 431 g/mol. The lowest BCUT2D eigenvalue weighted by molar-refractivity contribution is 0.373. The molecule has 2 aromatic rings. The van der Waals surface area contributed by atoms with Gasteiger partial charge in [0.2, 0.25) is 5.95 Å². The second-order valence-corrected chi connectivity index (χ2v) is 10.5. The van der Waals surface area contributed by atoms with Crippen LogP contribution < -0.4 is 16.0 Å². The van der Waals surface area contributed by atoms with Gasteiger partial charge >= 0.3 is 0 Å². The van der Waals surface area contributed by atoms with Crippen molar-refractivity contribution in [1.29, 1.82) is 0 Å². The summed E-state index contributed by atoms with van der Waals surface area (Å²) in [6, 6.07) is 7.24. The third kappa shape index (κ3) is 4.50. The lowest BCUT2D eigenvalue weighted by Crippen LogP contribution is -2.25. The molecule has 0 atom stereocenters. The maximum Gasteiger partial charge on any atom is 0.225 e. The first-order chi connectivity index (χ1) is 15.8. The van der Waals surface area contributed by atoms with Crippen LogP contribution in [0.1, 0.15) is 69.8 Å². The molecule has 1 aromatic heterocycles. The number of hydrogen-bond donors (Lipinski definition) is 3. The van der Waals surface area contributed by atoms with Crippen LogP contribution >= 0.6 is 0 Å². The van der Waals surface area contributed by atoms with E-state index in [9.17, 15) is 0 Å². The highest BCUT2D eigenvalue weighted by Crippen LogP contribution is 2.46. The molecule has 3 aliphatic carbocycles. The first-order valence-electron chi connectivity index (χ1n) is 13.1. The molecule has 0 spiro atoms. The molecule has 2 heterocycles. The van der Waals surface area contributed by atoms with E-state index in [2.05, 4.69) is 40.2 Å². The molecule has 0 radical (unpaired) electrons. The van der Waals surface area contributed by atoms with Gasteiger partial charge in [0.15, 0.2) is 0 Å². The van der Waals surface area contributed by atoms with Crippen LogP contribution in [0.4, 0.5) is 11.8 Å². The zero-order valence-corrected chi connectivity index (χ0v) is 19.2. The quantitative estimate of drug-likeness (QED) is 0.508. The average Bonchev–Trinajstić information content (AvgIpc) is 3.76. The van der Waals surface area contributed by atoms with Crippen LogP contribution in [0.15, 0.2) is 24.3 Å². The largest absolute Gasteiger partial charge is 0.366 e. The Balaban J connectivity index is 1.35. The fourth-order valence-corrected chi connectivity index (χ4v) is 5.78. The number of aromatic nitrogens is 2. The van der Waals surface area contributed by atoms with Crippen molar-refractivity contribution in [3.63, 3.8) is 0 Å². The fraction of sp³-hybridized carbons (Fsp3) is 0.630. The Morgan fingerprint density at radius 2 is 1.78 bits per heavy atom. The molecule has 1 aliphatic heterocycles. The van der Waals surface area contributed by atoms with Crippen LogP contribution in [0.25, 0.3) is 16.5 Å². The normalized spacial score (nSPS) is 22.2. The molecule has 6 rings (SSSR count). The molecule has 1 aromatic carbocycles. The maximum absolute atomic E-state index is 5.10. The molecular weight excluding hydrogens is 394 g/mol. The summed E-state index contributed by atoms with van der Waals surface area (Å²) < 4.78 is 0. The molecule has 4 aliphatic rings. The van der Waals surface area contributed by atoms with E-state index >= 15 is 0 Å². The van der Waals surface area contributed by atoms with Crippen molar-refractivity contribution in [3.8, 4) is 0 Å². The van der Waals surface area contributed by atoms with Crippen molar-refractivity contribution < 1.29 is 0 Å². The highest BCUT2D eigenvalue weighted by molar-refractivity contribution is 5.97. The Hall–Kier alpha value is -2.14. The number of nitrogens with one attached hydrogen (secondary N) is 3.